The Morgan fingerprint density at radius 1 is 0.917 bits per heavy atom. The zero-order chi connectivity index (χ0) is 26.6. The van der Waals surface area contributed by atoms with E-state index >= 15 is 0 Å². The Bertz CT molecular complexity index is 1050. The second-order valence-corrected chi connectivity index (χ2v) is 10.5. The van der Waals surface area contributed by atoms with Crippen molar-refractivity contribution in [2.45, 2.75) is 50.9 Å². The van der Waals surface area contributed by atoms with E-state index in [1.165, 1.54) is 11.2 Å². The van der Waals surface area contributed by atoms with Crippen molar-refractivity contribution >= 4 is 21.8 Å². The Labute approximate surface area is 213 Å². The lowest BCUT2D eigenvalue weighted by Gasteiger charge is -2.28. The lowest BCUT2D eigenvalue weighted by Crippen LogP contribution is -2.42. The fraction of sp³-hybridized carbons (Fsp3) is 0.385. The molecule has 0 aliphatic rings. The molecule has 0 bridgehead atoms. The molecular formula is C26H35N3O6S. The number of carbonyl (C=O) groups is 2. The summed E-state index contributed by atoms with van der Waals surface area (Å²) in [4.78, 5) is 23.2. The summed E-state index contributed by atoms with van der Waals surface area (Å²) in [5, 5.41) is -0.810. The van der Waals surface area contributed by atoms with Gasteiger partial charge in [0.1, 0.15) is 11.5 Å². The van der Waals surface area contributed by atoms with Gasteiger partial charge in [-0.25, -0.2) is 8.42 Å². The topological polar surface area (TPSA) is 114 Å². The standard InChI is InChI=1S/C26H35N3O6S/c1-5-6-7-25(16-17-26(31)28-27-20(2)30)36(32,33)29(18-21-8-12-23(34-3)13-9-21)19-22-10-14-24(35-4)15-11-22/h5,8-15,25H,1,6-7,16-19H2,2-4H3,(H,27,30)(H,28,31). The highest BCUT2D eigenvalue weighted by Gasteiger charge is 2.32. The maximum atomic E-state index is 13.9. The molecule has 2 amide bonds. The second kappa shape index (κ2) is 14.3. The highest BCUT2D eigenvalue weighted by atomic mass is 32.2. The van der Waals surface area contributed by atoms with Gasteiger partial charge in [-0.05, 0) is 54.7 Å². The first-order chi connectivity index (χ1) is 17.2. The molecule has 0 spiro atoms. The van der Waals surface area contributed by atoms with Crippen LogP contribution < -0.4 is 20.3 Å². The summed E-state index contributed by atoms with van der Waals surface area (Å²) in [6.07, 6.45) is 2.51. The minimum absolute atomic E-state index is 0.0553. The van der Waals surface area contributed by atoms with Gasteiger partial charge in [0.15, 0.2) is 0 Å². The first kappa shape index (κ1) is 28.9. The van der Waals surface area contributed by atoms with Crippen LogP contribution in [0.2, 0.25) is 0 Å². The molecule has 0 fully saturated rings. The second-order valence-electron chi connectivity index (χ2n) is 8.27. The molecule has 0 radical (unpaired) electrons. The number of benzene rings is 2. The van der Waals surface area contributed by atoms with Crippen LogP contribution in [0.1, 0.15) is 43.7 Å². The van der Waals surface area contributed by atoms with Crippen LogP contribution in [0.3, 0.4) is 0 Å². The monoisotopic (exact) mass is 517 g/mol. The van der Waals surface area contributed by atoms with Crippen molar-refractivity contribution in [3.05, 3.63) is 72.3 Å². The van der Waals surface area contributed by atoms with Crippen LogP contribution in [0.15, 0.2) is 61.2 Å². The zero-order valence-electron chi connectivity index (χ0n) is 21.0. The summed E-state index contributed by atoms with van der Waals surface area (Å²) in [7, 11) is -0.692. The van der Waals surface area contributed by atoms with Crippen molar-refractivity contribution < 1.29 is 27.5 Å². The minimum atomic E-state index is -3.83. The number of ether oxygens (including phenoxy) is 2. The van der Waals surface area contributed by atoms with Crippen molar-refractivity contribution in [3.63, 3.8) is 0 Å². The lowest BCUT2D eigenvalue weighted by atomic mass is 10.1. The molecule has 1 unspecified atom stereocenters. The molecule has 9 nitrogen and oxygen atoms in total. The Morgan fingerprint density at radius 3 is 1.83 bits per heavy atom. The van der Waals surface area contributed by atoms with Gasteiger partial charge in [-0.15, -0.1) is 6.58 Å². The van der Waals surface area contributed by atoms with E-state index in [-0.39, 0.29) is 25.9 Å². The number of sulfonamides is 1. The van der Waals surface area contributed by atoms with Crippen LogP contribution in [0, 0.1) is 0 Å². The largest absolute Gasteiger partial charge is 0.497 e. The van der Waals surface area contributed by atoms with Gasteiger partial charge in [0.05, 0.1) is 19.5 Å². The van der Waals surface area contributed by atoms with Crippen LogP contribution in [0.5, 0.6) is 11.5 Å². The molecular weight excluding hydrogens is 482 g/mol. The van der Waals surface area contributed by atoms with Crippen LogP contribution >= 0.6 is 0 Å². The quantitative estimate of drug-likeness (QED) is 0.294. The van der Waals surface area contributed by atoms with Gasteiger partial charge in [-0.1, -0.05) is 30.3 Å². The maximum absolute atomic E-state index is 13.9. The average Bonchev–Trinajstić information content (AvgIpc) is 2.87. The Balaban J connectivity index is 2.31. The Kier molecular flexibility index (Phi) is 11.4. The smallest absolute Gasteiger partial charge is 0.238 e. The van der Waals surface area contributed by atoms with E-state index < -0.39 is 27.1 Å². The SMILES string of the molecule is C=CCCC(CCC(=O)NNC(C)=O)S(=O)(=O)N(Cc1ccc(OC)cc1)Cc1ccc(OC)cc1. The maximum Gasteiger partial charge on any atom is 0.238 e. The van der Waals surface area contributed by atoms with Crippen LogP contribution in [-0.4, -0.2) is 44.0 Å². The van der Waals surface area contributed by atoms with Crippen LogP contribution in [0.25, 0.3) is 0 Å². The molecule has 0 saturated carbocycles. The van der Waals surface area contributed by atoms with E-state index in [1.54, 1.807) is 44.6 Å². The van der Waals surface area contributed by atoms with Gasteiger partial charge in [0.2, 0.25) is 21.8 Å². The molecule has 0 aromatic heterocycles. The van der Waals surface area contributed by atoms with E-state index in [0.29, 0.717) is 24.3 Å². The Hall–Kier alpha value is -3.37. The fourth-order valence-corrected chi connectivity index (χ4v) is 5.50. The molecule has 1 atom stereocenters. The van der Waals surface area contributed by atoms with Gasteiger partial charge in [-0.2, -0.15) is 4.31 Å². The molecule has 10 heteroatoms. The van der Waals surface area contributed by atoms with Gasteiger partial charge in [0.25, 0.3) is 0 Å². The van der Waals surface area contributed by atoms with Crippen molar-refractivity contribution in [1.29, 1.82) is 0 Å². The molecule has 0 heterocycles. The van der Waals surface area contributed by atoms with Crippen LogP contribution in [-0.2, 0) is 32.7 Å². The molecule has 2 N–H and O–H groups in total. The number of nitrogens with zero attached hydrogens (tertiary/aromatic N) is 1. The molecule has 196 valence electrons. The van der Waals surface area contributed by atoms with Crippen molar-refractivity contribution in [2.75, 3.05) is 14.2 Å². The average molecular weight is 518 g/mol. The molecule has 2 aromatic carbocycles. The number of hydrazine groups is 1. The molecule has 2 rings (SSSR count). The highest BCUT2D eigenvalue weighted by Crippen LogP contribution is 2.25. The first-order valence-electron chi connectivity index (χ1n) is 11.6. The summed E-state index contributed by atoms with van der Waals surface area (Å²) < 4.78 is 39.7. The number of carbonyl (C=O) groups excluding carboxylic acids is 2. The third kappa shape index (κ3) is 9.01. The van der Waals surface area contributed by atoms with E-state index in [2.05, 4.69) is 17.4 Å². The van der Waals surface area contributed by atoms with Crippen molar-refractivity contribution in [3.8, 4) is 11.5 Å². The highest BCUT2D eigenvalue weighted by molar-refractivity contribution is 7.89. The van der Waals surface area contributed by atoms with Crippen molar-refractivity contribution in [2.24, 2.45) is 0 Å². The minimum Gasteiger partial charge on any atom is -0.497 e. The number of rotatable bonds is 14. The third-order valence-electron chi connectivity index (χ3n) is 5.58. The normalized spacial score (nSPS) is 12.0. The van der Waals surface area contributed by atoms with Crippen molar-refractivity contribution in [1.82, 2.24) is 15.2 Å². The van der Waals surface area contributed by atoms with Gasteiger partial charge < -0.3 is 9.47 Å². The van der Waals surface area contributed by atoms with E-state index in [0.717, 1.165) is 11.1 Å². The van der Waals surface area contributed by atoms with E-state index in [9.17, 15) is 18.0 Å². The first-order valence-corrected chi connectivity index (χ1v) is 13.1. The lowest BCUT2D eigenvalue weighted by molar-refractivity contribution is -0.127. The van der Waals surface area contributed by atoms with E-state index in [1.807, 2.05) is 24.3 Å². The number of hydrogen-bond donors (Lipinski definition) is 2. The molecule has 0 saturated heterocycles. The van der Waals surface area contributed by atoms with E-state index in [4.69, 9.17) is 9.47 Å². The van der Waals surface area contributed by atoms with Gasteiger partial charge in [-0.3, -0.25) is 20.4 Å². The van der Waals surface area contributed by atoms with Gasteiger partial charge in [0, 0.05) is 26.4 Å². The Morgan fingerprint density at radius 2 is 1.42 bits per heavy atom. The summed E-state index contributed by atoms with van der Waals surface area (Å²) in [6, 6.07) is 14.5. The molecule has 36 heavy (non-hydrogen) atoms. The summed E-state index contributed by atoms with van der Waals surface area (Å²) in [5.74, 6) is 0.486. The number of amides is 2. The zero-order valence-corrected chi connectivity index (χ0v) is 21.8. The number of hydrogen-bond acceptors (Lipinski definition) is 6. The summed E-state index contributed by atoms with van der Waals surface area (Å²) >= 11 is 0. The van der Waals surface area contributed by atoms with Crippen LogP contribution in [0.4, 0.5) is 0 Å². The molecule has 0 aliphatic carbocycles. The summed E-state index contributed by atoms with van der Waals surface area (Å²) in [6.45, 7) is 5.29. The third-order valence-corrected chi connectivity index (χ3v) is 7.87. The number of methoxy groups -OCH3 is 2. The number of allylic oxidation sites excluding steroid dienone is 1. The number of nitrogens with one attached hydrogen (secondary N) is 2. The molecule has 2 aromatic rings. The predicted molar refractivity (Wildman–Crippen MR) is 139 cm³/mol. The summed E-state index contributed by atoms with van der Waals surface area (Å²) in [5.41, 5.74) is 6.12. The fourth-order valence-electron chi connectivity index (χ4n) is 3.57. The molecule has 0 aliphatic heterocycles. The predicted octanol–water partition coefficient (Wildman–Crippen LogP) is 3.32. The van der Waals surface area contributed by atoms with Gasteiger partial charge >= 0.3 is 0 Å².